The fourth-order valence-corrected chi connectivity index (χ4v) is 2.11. The van der Waals surface area contributed by atoms with Gasteiger partial charge in [0.15, 0.2) is 0 Å². The van der Waals surface area contributed by atoms with E-state index in [-0.39, 0.29) is 18.0 Å². The van der Waals surface area contributed by atoms with Crippen LogP contribution in [-0.4, -0.2) is 12.1 Å². The zero-order valence-electron chi connectivity index (χ0n) is 12.0. The topological polar surface area (TPSA) is 26.3 Å². The van der Waals surface area contributed by atoms with Crippen molar-refractivity contribution in [3.8, 4) is 0 Å². The molecule has 2 rings (SSSR count). The molecular formula is C18H20O2. The normalized spacial score (nSPS) is 12.2. The highest BCUT2D eigenvalue weighted by atomic mass is 16.5. The van der Waals surface area contributed by atoms with Crippen molar-refractivity contribution in [3.05, 3.63) is 71.8 Å². The Morgan fingerprint density at radius 3 is 1.80 bits per heavy atom. The summed E-state index contributed by atoms with van der Waals surface area (Å²) in [5.41, 5.74) is 1.93. The van der Waals surface area contributed by atoms with Crippen molar-refractivity contribution in [2.24, 2.45) is 0 Å². The maximum absolute atomic E-state index is 12.5. The van der Waals surface area contributed by atoms with E-state index in [1.807, 2.05) is 74.5 Å². The zero-order chi connectivity index (χ0) is 14.4. The molecule has 0 radical (unpaired) electrons. The van der Waals surface area contributed by atoms with Crippen LogP contribution in [0.4, 0.5) is 0 Å². The van der Waals surface area contributed by atoms with Crippen LogP contribution in [-0.2, 0) is 9.53 Å². The van der Waals surface area contributed by atoms with Gasteiger partial charge in [-0.25, -0.2) is 0 Å². The lowest BCUT2D eigenvalue weighted by atomic mass is 9.91. The molecule has 20 heavy (non-hydrogen) atoms. The number of hydrogen-bond donors (Lipinski definition) is 0. The number of carbonyl (C=O) groups excluding carboxylic acids is 1. The second-order valence-electron chi connectivity index (χ2n) is 4.91. The van der Waals surface area contributed by atoms with Gasteiger partial charge in [-0.3, -0.25) is 4.79 Å². The Kier molecular flexibility index (Phi) is 4.94. The highest BCUT2D eigenvalue weighted by Crippen LogP contribution is 2.26. The van der Waals surface area contributed by atoms with Crippen molar-refractivity contribution in [3.63, 3.8) is 0 Å². The van der Waals surface area contributed by atoms with Crippen LogP contribution in [0.25, 0.3) is 0 Å². The molecule has 0 heterocycles. The van der Waals surface area contributed by atoms with Crippen molar-refractivity contribution < 1.29 is 9.53 Å². The summed E-state index contributed by atoms with van der Waals surface area (Å²) in [7, 11) is 0. The number of rotatable bonds is 5. The molecule has 0 aromatic heterocycles. The molecule has 0 saturated carbocycles. The van der Waals surface area contributed by atoms with Gasteiger partial charge in [0.2, 0.25) is 0 Å². The minimum absolute atomic E-state index is 0.0579. The van der Waals surface area contributed by atoms with Gasteiger partial charge in [0, 0.05) is 0 Å². The molecule has 0 amide bonds. The summed E-state index contributed by atoms with van der Waals surface area (Å²) in [5.74, 6) is -0.539. The van der Waals surface area contributed by atoms with Crippen LogP contribution in [0.1, 0.15) is 37.3 Å². The summed E-state index contributed by atoms with van der Waals surface area (Å²) < 4.78 is 5.53. The summed E-state index contributed by atoms with van der Waals surface area (Å²) >= 11 is 0. The van der Waals surface area contributed by atoms with Crippen LogP contribution in [0, 0.1) is 0 Å². The molecule has 0 unspecified atom stereocenters. The van der Waals surface area contributed by atoms with Crippen molar-refractivity contribution in [1.82, 2.24) is 0 Å². The van der Waals surface area contributed by atoms with E-state index < -0.39 is 0 Å². The van der Waals surface area contributed by atoms with E-state index in [0.717, 1.165) is 17.5 Å². The lowest BCUT2D eigenvalue weighted by molar-refractivity contribution is -0.149. The Morgan fingerprint density at radius 2 is 1.40 bits per heavy atom. The smallest absolute Gasteiger partial charge is 0.318 e. The summed E-state index contributed by atoms with van der Waals surface area (Å²) in [4.78, 5) is 12.5. The minimum atomic E-state index is -0.355. The lowest BCUT2D eigenvalue weighted by Gasteiger charge is -2.19. The molecule has 0 aliphatic rings. The Bertz CT molecular complexity index is 494. The largest absolute Gasteiger partial charge is 0.462 e. The molecular weight excluding hydrogens is 248 g/mol. The average Bonchev–Trinajstić information content (AvgIpc) is 2.49. The fraction of sp³-hybridized carbons (Fsp3) is 0.278. The molecule has 0 aliphatic heterocycles. The van der Waals surface area contributed by atoms with E-state index in [0.29, 0.717) is 0 Å². The molecule has 2 aromatic rings. The molecule has 2 heteroatoms. The second kappa shape index (κ2) is 6.90. The van der Waals surface area contributed by atoms with Gasteiger partial charge in [0.1, 0.15) is 5.92 Å². The molecule has 2 nitrogen and oxygen atoms in total. The quantitative estimate of drug-likeness (QED) is 0.761. The Labute approximate surface area is 120 Å². The van der Waals surface area contributed by atoms with E-state index in [4.69, 9.17) is 4.74 Å². The third kappa shape index (κ3) is 3.47. The van der Waals surface area contributed by atoms with Crippen LogP contribution in [0.5, 0.6) is 0 Å². The third-order valence-electron chi connectivity index (χ3n) is 3.39. The Hall–Kier alpha value is -2.09. The SMILES string of the molecule is CC[C@H](C)OC(=O)C(c1ccccc1)c1ccccc1. The molecule has 0 spiro atoms. The standard InChI is InChI=1S/C18H20O2/c1-3-14(2)20-18(19)17(15-10-6-4-7-11-15)16-12-8-5-9-13-16/h4-14,17H,3H2,1-2H3/t14-/m0/s1. The van der Waals surface area contributed by atoms with Gasteiger partial charge < -0.3 is 4.74 Å². The number of hydrogen-bond acceptors (Lipinski definition) is 2. The molecule has 0 fully saturated rings. The van der Waals surface area contributed by atoms with Gasteiger partial charge >= 0.3 is 5.97 Å². The van der Waals surface area contributed by atoms with E-state index in [1.165, 1.54) is 0 Å². The summed E-state index contributed by atoms with van der Waals surface area (Å²) in [6.07, 6.45) is 0.764. The maximum Gasteiger partial charge on any atom is 0.318 e. The molecule has 104 valence electrons. The fourth-order valence-electron chi connectivity index (χ4n) is 2.11. The third-order valence-corrected chi connectivity index (χ3v) is 3.39. The molecule has 1 atom stereocenters. The Morgan fingerprint density at radius 1 is 0.950 bits per heavy atom. The van der Waals surface area contributed by atoms with Gasteiger partial charge in [-0.2, -0.15) is 0 Å². The number of ether oxygens (including phenoxy) is 1. The van der Waals surface area contributed by atoms with Crippen LogP contribution in [0.15, 0.2) is 60.7 Å². The first-order chi connectivity index (χ1) is 9.72. The van der Waals surface area contributed by atoms with E-state index in [9.17, 15) is 4.79 Å². The minimum Gasteiger partial charge on any atom is -0.462 e. The molecule has 0 bridgehead atoms. The van der Waals surface area contributed by atoms with Crippen molar-refractivity contribution in [2.75, 3.05) is 0 Å². The highest BCUT2D eigenvalue weighted by molar-refractivity contribution is 5.82. The van der Waals surface area contributed by atoms with Gasteiger partial charge in [0.25, 0.3) is 0 Å². The lowest BCUT2D eigenvalue weighted by Crippen LogP contribution is -2.21. The molecule has 2 aromatic carbocycles. The number of esters is 1. The van der Waals surface area contributed by atoms with Crippen LogP contribution >= 0.6 is 0 Å². The predicted molar refractivity (Wildman–Crippen MR) is 80.6 cm³/mol. The number of benzene rings is 2. The molecule has 0 aliphatic carbocycles. The van der Waals surface area contributed by atoms with E-state index in [2.05, 4.69) is 0 Å². The first-order valence-electron chi connectivity index (χ1n) is 7.02. The van der Waals surface area contributed by atoms with Crippen LogP contribution < -0.4 is 0 Å². The van der Waals surface area contributed by atoms with Gasteiger partial charge in [-0.05, 0) is 24.5 Å². The van der Waals surface area contributed by atoms with Crippen LogP contribution in [0.2, 0.25) is 0 Å². The summed E-state index contributed by atoms with van der Waals surface area (Å²) in [6.45, 7) is 3.93. The van der Waals surface area contributed by atoms with Crippen LogP contribution in [0.3, 0.4) is 0 Å². The zero-order valence-corrected chi connectivity index (χ0v) is 12.0. The van der Waals surface area contributed by atoms with Crippen molar-refractivity contribution in [2.45, 2.75) is 32.3 Å². The molecule has 0 N–H and O–H groups in total. The van der Waals surface area contributed by atoms with Crippen molar-refractivity contribution in [1.29, 1.82) is 0 Å². The summed E-state index contributed by atoms with van der Waals surface area (Å²) in [6, 6.07) is 19.6. The maximum atomic E-state index is 12.5. The second-order valence-corrected chi connectivity index (χ2v) is 4.91. The van der Waals surface area contributed by atoms with Crippen molar-refractivity contribution >= 4 is 5.97 Å². The molecule has 0 saturated heterocycles. The van der Waals surface area contributed by atoms with Gasteiger partial charge in [0.05, 0.1) is 6.10 Å². The first-order valence-corrected chi connectivity index (χ1v) is 7.02. The highest BCUT2D eigenvalue weighted by Gasteiger charge is 2.25. The van der Waals surface area contributed by atoms with Gasteiger partial charge in [-0.15, -0.1) is 0 Å². The average molecular weight is 268 g/mol. The van der Waals surface area contributed by atoms with E-state index in [1.54, 1.807) is 0 Å². The monoisotopic (exact) mass is 268 g/mol. The summed E-state index contributed by atoms with van der Waals surface area (Å²) in [5, 5.41) is 0. The first kappa shape index (κ1) is 14.3. The predicted octanol–water partition coefficient (Wildman–Crippen LogP) is 4.16. The van der Waals surface area contributed by atoms with E-state index >= 15 is 0 Å². The number of carbonyl (C=O) groups is 1. The van der Waals surface area contributed by atoms with Gasteiger partial charge in [-0.1, -0.05) is 67.6 Å². The Balaban J connectivity index is 2.33.